The van der Waals surface area contributed by atoms with E-state index >= 15 is 0 Å². The van der Waals surface area contributed by atoms with E-state index in [1.165, 1.54) is 11.3 Å². The topological polar surface area (TPSA) is 102 Å². The molecule has 0 aliphatic heterocycles. The molecule has 172 valence electrons. The number of ether oxygens (including phenoxy) is 2. The number of thiazole rings is 1. The second-order valence-electron chi connectivity index (χ2n) is 6.52. The fourth-order valence-corrected chi connectivity index (χ4v) is 3.60. The first-order valence-corrected chi connectivity index (χ1v) is 11.0. The average molecular weight is 554 g/mol. The van der Waals surface area contributed by atoms with Crippen LogP contribution in [0.4, 0.5) is 0 Å². The number of aliphatic imine (C=N–C) groups is 1. The van der Waals surface area contributed by atoms with Gasteiger partial charge in [0.25, 0.3) is 0 Å². The average Bonchev–Trinajstić information content (AvgIpc) is 3.08. The van der Waals surface area contributed by atoms with Crippen molar-refractivity contribution in [2.75, 3.05) is 26.8 Å². The SMILES string of the molecule is CCOC(=O)CCCCCCNC(=NC)NC(C)c1nc(C)c(C(=O)OCC)s1.I. The van der Waals surface area contributed by atoms with Crippen molar-refractivity contribution < 1.29 is 19.1 Å². The molecule has 10 heteroatoms. The zero-order chi connectivity index (χ0) is 21.6. The smallest absolute Gasteiger partial charge is 0.350 e. The summed E-state index contributed by atoms with van der Waals surface area (Å²) < 4.78 is 9.99. The largest absolute Gasteiger partial charge is 0.466 e. The number of hydrogen-bond donors (Lipinski definition) is 2. The van der Waals surface area contributed by atoms with E-state index in [0.29, 0.717) is 36.2 Å². The van der Waals surface area contributed by atoms with E-state index in [2.05, 4.69) is 20.6 Å². The van der Waals surface area contributed by atoms with Crippen molar-refractivity contribution in [3.63, 3.8) is 0 Å². The standard InChI is InChI=1S/C20H34N4O4S.HI/c1-6-27-16(25)12-10-8-9-11-13-22-20(21-5)24-15(4)18-23-14(3)17(29-18)19(26)28-7-2;/h15H,6-13H2,1-5H3,(H2,21,22,24);1H. The Morgan fingerprint density at radius 2 is 1.80 bits per heavy atom. The van der Waals surface area contributed by atoms with Crippen LogP contribution in [-0.4, -0.2) is 49.7 Å². The molecular weight excluding hydrogens is 519 g/mol. The highest BCUT2D eigenvalue weighted by atomic mass is 127. The number of rotatable bonds is 12. The van der Waals surface area contributed by atoms with Crippen LogP contribution in [0.1, 0.15) is 79.3 Å². The van der Waals surface area contributed by atoms with Gasteiger partial charge < -0.3 is 20.1 Å². The summed E-state index contributed by atoms with van der Waals surface area (Å²) in [5, 5.41) is 7.40. The molecule has 0 aliphatic carbocycles. The molecule has 2 N–H and O–H groups in total. The third kappa shape index (κ3) is 10.6. The van der Waals surface area contributed by atoms with Crippen molar-refractivity contribution in [1.82, 2.24) is 15.6 Å². The van der Waals surface area contributed by atoms with Crippen molar-refractivity contribution in [1.29, 1.82) is 0 Å². The van der Waals surface area contributed by atoms with Crippen LogP contribution in [0.3, 0.4) is 0 Å². The zero-order valence-corrected chi connectivity index (χ0v) is 21.7. The second kappa shape index (κ2) is 16.3. The Labute approximate surface area is 200 Å². The molecule has 0 amide bonds. The summed E-state index contributed by atoms with van der Waals surface area (Å²) in [6.45, 7) is 8.98. The van der Waals surface area contributed by atoms with Crippen LogP contribution in [0.25, 0.3) is 0 Å². The van der Waals surface area contributed by atoms with Crippen molar-refractivity contribution in [2.24, 2.45) is 4.99 Å². The summed E-state index contributed by atoms with van der Waals surface area (Å²) in [5.74, 6) is 0.244. The normalized spacial score (nSPS) is 12.0. The number of nitrogens with zero attached hydrogens (tertiary/aromatic N) is 2. The van der Waals surface area contributed by atoms with Crippen molar-refractivity contribution in [3.8, 4) is 0 Å². The molecule has 1 unspecified atom stereocenters. The van der Waals surface area contributed by atoms with Crippen LogP contribution in [0.5, 0.6) is 0 Å². The van der Waals surface area contributed by atoms with Crippen molar-refractivity contribution in [2.45, 2.75) is 65.8 Å². The van der Waals surface area contributed by atoms with Crippen molar-refractivity contribution >= 4 is 53.2 Å². The summed E-state index contributed by atoms with van der Waals surface area (Å²) in [6.07, 6.45) is 4.37. The Bertz CT molecular complexity index is 682. The van der Waals surface area contributed by atoms with Crippen LogP contribution in [0.15, 0.2) is 4.99 Å². The molecule has 1 rings (SSSR count). The lowest BCUT2D eigenvalue weighted by molar-refractivity contribution is -0.143. The number of aromatic nitrogens is 1. The first-order valence-electron chi connectivity index (χ1n) is 10.2. The Morgan fingerprint density at radius 3 is 2.43 bits per heavy atom. The van der Waals surface area contributed by atoms with Crippen LogP contribution in [-0.2, 0) is 14.3 Å². The quantitative estimate of drug-likeness (QED) is 0.133. The van der Waals surface area contributed by atoms with E-state index in [1.54, 1.807) is 14.0 Å². The monoisotopic (exact) mass is 554 g/mol. The van der Waals surface area contributed by atoms with Gasteiger partial charge in [-0.2, -0.15) is 0 Å². The Balaban J connectivity index is 0.00000841. The molecule has 0 saturated carbocycles. The zero-order valence-electron chi connectivity index (χ0n) is 18.6. The molecule has 1 aromatic heterocycles. The minimum Gasteiger partial charge on any atom is -0.466 e. The molecule has 0 fully saturated rings. The Kier molecular flexibility index (Phi) is 15.5. The minimum absolute atomic E-state index is 0. The van der Waals surface area contributed by atoms with Crippen LogP contribution in [0.2, 0.25) is 0 Å². The van der Waals surface area contributed by atoms with Gasteiger partial charge in [-0.15, -0.1) is 35.3 Å². The fourth-order valence-electron chi connectivity index (χ4n) is 2.64. The molecule has 1 heterocycles. The van der Waals surface area contributed by atoms with Gasteiger partial charge in [-0.3, -0.25) is 9.79 Å². The number of guanidine groups is 1. The van der Waals surface area contributed by atoms with Crippen molar-refractivity contribution in [3.05, 3.63) is 15.6 Å². The summed E-state index contributed by atoms with van der Waals surface area (Å²) in [4.78, 5) is 32.5. The molecule has 0 spiro atoms. The Morgan fingerprint density at radius 1 is 1.13 bits per heavy atom. The van der Waals surface area contributed by atoms with E-state index in [9.17, 15) is 9.59 Å². The molecular formula is C20H35IN4O4S. The molecule has 0 bridgehead atoms. The van der Waals surface area contributed by atoms with Gasteiger partial charge in [0.15, 0.2) is 5.96 Å². The van der Waals surface area contributed by atoms with Gasteiger partial charge in [-0.25, -0.2) is 9.78 Å². The third-order valence-corrected chi connectivity index (χ3v) is 5.45. The predicted molar refractivity (Wildman–Crippen MR) is 131 cm³/mol. The van der Waals surface area contributed by atoms with Gasteiger partial charge in [0, 0.05) is 20.0 Å². The second-order valence-corrected chi connectivity index (χ2v) is 7.55. The highest BCUT2D eigenvalue weighted by molar-refractivity contribution is 14.0. The van der Waals surface area contributed by atoms with Gasteiger partial charge >= 0.3 is 11.9 Å². The number of carbonyl (C=O) groups excluding carboxylic acids is 2. The number of unbranched alkanes of at least 4 members (excludes halogenated alkanes) is 3. The molecule has 8 nitrogen and oxygen atoms in total. The molecule has 0 saturated heterocycles. The summed E-state index contributed by atoms with van der Waals surface area (Å²) >= 11 is 1.34. The summed E-state index contributed by atoms with van der Waals surface area (Å²) in [7, 11) is 1.72. The van der Waals surface area contributed by atoms with E-state index < -0.39 is 0 Å². The van der Waals surface area contributed by atoms with Gasteiger partial charge in [0.2, 0.25) is 0 Å². The molecule has 1 atom stereocenters. The van der Waals surface area contributed by atoms with Gasteiger partial charge in [0.05, 0.1) is 24.9 Å². The third-order valence-electron chi connectivity index (χ3n) is 4.13. The van der Waals surface area contributed by atoms with E-state index in [4.69, 9.17) is 9.47 Å². The maximum atomic E-state index is 12.0. The summed E-state index contributed by atoms with van der Waals surface area (Å²) in [6, 6.07) is -0.0855. The maximum absolute atomic E-state index is 12.0. The number of esters is 2. The highest BCUT2D eigenvalue weighted by Gasteiger charge is 2.20. The minimum atomic E-state index is -0.327. The first-order chi connectivity index (χ1) is 13.9. The highest BCUT2D eigenvalue weighted by Crippen LogP contribution is 2.24. The number of nitrogens with one attached hydrogen (secondary N) is 2. The van der Waals surface area contributed by atoms with Gasteiger partial charge in [-0.05, 0) is 40.5 Å². The summed E-state index contributed by atoms with van der Waals surface area (Å²) in [5.41, 5.74) is 0.683. The molecule has 30 heavy (non-hydrogen) atoms. The Hall–Kier alpha value is -1.43. The fraction of sp³-hybridized carbons (Fsp3) is 0.700. The van der Waals surface area contributed by atoms with E-state index in [1.807, 2.05) is 20.8 Å². The van der Waals surface area contributed by atoms with E-state index in [-0.39, 0.29) is 42.0 Å². The predicted octanol–water partition coefficient (Wildman–Crippen LogP) is 3.99. The molecule has 1 aromatic rings. The first kappa shape index (κ1) is 28.6. The van der Waals surface area contributed by atoms with Crippen LogP contribution >= 0.6 is 35.3 Å². The number of aryl methyl sites for hydroxylation is 1. The number of carbonyl (C=O) groups is 2. The van der Waals surface area contributed by atoms with Gasteiger partial charge in [-0.1, -0.05) is 12.8 Å². The molecule has 0 aromatic carbocycles. The van der Waals surface area contributed by atoms with Gasteiger partial charge in [0.1, 0.15) is 9.88 Å². The number of halogens is 1. The molecule has 0 radical (unpaired) electrons. The number of hydrogen-bond acceptors (Lipinski definition) is 7. The van der Waals surface area contributed by atoms with E-state index in [0.717, 1.165) is 37.2 Å². The maximum Gasteiger partial charge on any atom is 0.350 e. The lowest BCUT2D eigenvalue weighted by Gasteiger charge is -2.16. The molecule has 0 aliphatic rings. The lowest BCUT2D eigenvalue weighted by Crippen LogP contribution is -2.39. The van der Waals surface area contributed by atoms with Crippen LogP contribution < -0.4 is 10.6 Å². The lowest BCUT2D eigenvalue weighted by atomic mass is 10.1. The van der Waals surface area contributed by atoms with Crippen LogP contribution in [0, 0.1) is 6.92 Å².